The second-order valence-corrected chi connectivity index (χ2v) is 3.50. The van der Waals surface area contributed by atoms with Crippen LogP contribution in [0.5, 0.6) is 0 Å². The Morgan fingerprint density at radius 1 is 1.47 bits per heavy atom. The van der Waals surface area contributed by atoms with Gasteiger partial charge in [-0.3, -0.25) is 4.79 Å². The summed E-state index contributed by atoms with van der Waals surface area (Å²) in [4.78, 5) is 10.7. The van der Waals surface area contributed by atoms with Crippen molar-refractivity contribution in [3.8, 4) is 0 Å². The van der Waals surface area contributed by atoms with Gasteiger partial charge in [-0.1, -0.05) is 0 Å². The normalized spacial score (nSPS) is 19.7. The minimum Gasteiger partial charge on any atom is -0.480 e. The van der Waals surface area contributed by atoms with Gasteiger partial charge in [0.25, 0.3) is 0 Å². The summed E-state index contributed by atoms with van der Waals surface area (Å²) < 4.78 is 26.1. The lowest BCUT2D eigenvalue weighted by molar-refractivity contribution is -0.139. The molecule has 0 radical (unpaired) electrons. The van der Waals surface area contributed by atoms with E-state index in [1.807, 2.05) is 0 Å². The Hall–Kier alpha value is -1.49. The Balaban J connectivity index is 2.37. The van der Waals surface area contributed by atoms with E-state index in [2.05, 4.69) is 5.32 Å². The molecule has 1 aliphatic rings. The van der Waals surface area contributed by atoms with Crippen LogP contribution >= 0.6 is 0 Å². The van der Waals surface area contributed by atoms with E-state index < -0.39 is 23.6 Å². The van der Waals surface area contributed by atoms with Gasteiger partial charge in [0.05, 0.1) is 0 Å². The Kier molecular flexibility index (Phi) is 2.40. The lowest BCUT2D eigenvalue weighted by Crippen LogP contribution is -2.42. The van der Waals surface area contributed by atoms with Gasteiger partial charge < -0.3 is 10.4 Å². The van der Waals surface area contributed by atoms with E-state index >= 15 is 0 Å². The number of nitrogens with one attached hydrogen (secondary N) is 1. The minimum absolute atomic E-state index is 0.0524. The van der Waals surface area contributed by atoms with Crippen molar-refractivity contribution in [3.05, 3.63) is 34.9 Å². The standard InChI is InChI=1S/C10H9F2NO2/c11-6-1-5-4-13-9(10(14)15)3-7(5)8(12)2-6/h1-2,9,13H,3-4H2,(H,14,15). The number of benzene rings is 1. The molecule has 0 aliphatic carbocycles. The van der Waals surface area contributed by atoms with Crippen molar-refractivity contribution in [2.45, 2.75) is 19.0 Å². The number of aliphatic carboxylic acids is 1. The SMILES string of the molecule is O=C(O)C1Cc2c(F)cc(F)cc2CN1. The molecule has 1 heterocycles. The molecule has 0 bridgehead atoms. The zero-order valence-corrected chi connectivity index (χ0v) is 7.76. The van der Waals surface area contributed by atoms with E-state index in [4.69, 9.17) is 5.11 Å². The maximum absolute atomic E-state index is 13.3. The number of carbonyl (C=O) groups is 1. The summed E-state index contributed by atoms with van der Waals surface area (Å²) in [5, 5.41) is 11.4. The van der Waals surface area contributed by atoms with Crippen LogP contribution in [0.15, 0.2) is 12.1 Å². The summed E-state index contributed by atoms with van der Waals surface area (Å²) in [7, 11) is 0. The topological polar surface area (TPSA) is 49.3 Å². The minimum atomic E-state index is -1.02. The molecule has 1 aromatic carbocycles. The third-order valence-corrected chi connectivity index (χ3v) is 2.50. The molecule has 5 heteroatoms. The average molecular weight is 213 g/mol. The first-order valence-electron chi connectivity index (χ1n) is 4.51. The van der Waals surface area contributed by atoms with Crippen molar-refractivity contribution in [1.82, 2.24) is 5.32 Å². The Labute approximate surface area is 84.7 Å². The van der Waals surface area contributed by atoms with Gasteiger partial charge in [-0.05, 0) is 17.2 Å². The summed E-state index contributed by atoms with van der Waals surface area (Å²) >= 11 is 0. The highest BCUT2D eigenvalue weighted by Crippen LogP contribution is 2.21. The van der Waals surface area contributed by atoms with Crippen LogP contribution in [0.2, 0.25) is 0 Å². The number of fused-ring (bicyclic) bond motifs is 1. The van der Waals surface area contributed by atoms with Gasteiger partial charge in [-0.25, -0.2) is 8.78 Å². The molecule has 0 aromatic heterocycles. The van der Waals surface area contributed by atoms with Crippen LogP contribution in [0.4, 0.5) is 8.78 Å². The highest BCUT2D eigenvalue weighted by Gasteiger charge is 2.26. The number of halogens is 2. The first-order chi connectivity index (χ1) is 7.08. The monoisotopic (exact) mass is 213 g/mol. The molecule has 1 aliphatic heterocycles. The van der Waals surface area contributed by atoms with Gasteiger partial charge >= 0.3 is 5.97 Å². The van der Waals surface area contributed by atoms with E-state index in [0.29, 0.717) is 11.1 Å². The summed E-state index contributed by atoms with van der Waals surface area (Å²) in [6.07, 6.45) is 0.0524. The number of rotatable bonds is 1. The van der Waals surface area contributed by atoms with Gasteiger partial charge in [0.15, 0.2) is 0 Å². The number of hydrogen-bond donors (Lipinski definition) is 2. The number of carboxylic acid groups (broad SMARTS) is 1. The van der Waals surface area contributed by atoms with Crippen LogP contribution < -0.4 is 5.32 Å². The average Bonchev–Trinajstić information content (AvgIpc) is 2.16. The van der Waals surface area contributed by atoms with Crippen LogP contribution in [0.1, 0.15) is 11.1 Å². The van der Waals surface area contributed by atoms with Crippen LogP contribution in [-0.2, 0) is 17.8 Å². The highest BCUT2D eigenvalue weighted by atomic mass is 19.1. The zero-order chi connectivity index (χ0) is 11.0. The zero-order valence-electron chi connectivity index (χ0n) is 7.76. The van der Waals surface area contributed by atoms with Crippen molar-refractivity contribution in [2.24, 2.45) is 0 Å². The Morgan fingerprint density at radius 3 is 2.87 bits per heavy atom. The lowest BCUT2D eigenvalue weighted by Gasteiger charge is -2.23. The van der Waals surface area contributed by atoms with Crippen LogP contribution in [0.25, 0.3) is 0 Å². The lowest BCUT2D eigenvalue weighted by atomic mass is 9.95. The summed E-state index contributed by atoms with van der Waals surface area (Å²) in [5.41, 5.74) is 0.785. The molecule has 1 unspecified atom stereocenters. The predicted molar refractivity (Wildman–Crippen MR) is 48.3 cm³/mol. The molecule has 80 valence electrons. The largest absolute Gasteiger partial charge is 0.480 e. The fourth-order valence-electron chi connectivity index (χ4n) is 1.73. The highest BCUT2D eigenvalue weighted by molar-refractivity contribution is 5.74. The first-order valence-corrected chi connectivity index (χ1v) is 4.51. The molecule has 1 atom stereocenters. The molecule has 0 spiro atoms. The second-order valence-electron chi connectivity index (χ2n) is 3.50. The van der Waals surface area contributed by atoms with Crippen molar-refractivity contribution in [2.75, 3.05) is 0 Å². The van der Waals surface area contributed by atoms with Gasteiger partial charge in [-0.15, -0.1) is 0 Å². The first kappa shape index (κ1) is 10.0. The number of hydrogen-bond acceptors (Lipinski definition) is 2. The quantitative estimate of drug-likeness (QED) is 0.733. The Bertz CT molecular complexity index is 420. The van der Waals surface area contributed by atoms with Crippen LogP contribution in [0.3, 0.4) is 0 Å². The van der Waals surface area contributed by atoms with E-state index in [9.17, 15) is 13.6 Å². The van der Waals surface area contributed by atoms with Crippen molar-refractivity contribution in [3.63, 3.8) is 0 Å². The molecule has 0 fully saturated rings. The smallest absolute Gasteiger partial charge is 0.321 e. The molecular formula is C10H9F2NO2. The molecule has 15 heavy (non-hydrogen) atoms. The summed E-state index contributed by atoms with van der Waals surface area (Å²) in [6.45, 7) is 0.182. The molecule has 0 amide bonds. The van der Waals surface area contributed by atoms with Gasteiger partial charge in [0, 0.05) is 19.0 Å². The maximum atomic E-state index is 13.3. The third kappa shape index (κ3) is 1.83. The van der Waals surface area contributed by atoms with E-state index in [0.717, 1.165) is 6.07 Å². The third-order valence-electron chi connectivity index (χ3n) is 2.50. The molecule has 3 nitrogen and oxygen atoms in total. The van der Waals surface area contributed by atoms with Crippen LogP contribution in [-0.4, -0.2) is 17.1 Å². The molecular weight excluding hydrogens is 204 g/mol. The van der Waals surface area contributed by atoms with E-state index in [1.54, 1.807) is 0 Å². The molecule has 2 rings (SSSR count). The fraction of sp³-hybridized carbons (Fsp3) is 0.300. The Morgan fingerprint density at radius 2 is 2.20 bits per heavy atom. The fourth-order valence-corrected chi connectivity index (χ4v) is 1.73. The van der Waals surface area contributed by atoms with Crippen molar-refractivity contribution >= 4 is 5.97 Å². The van der Waals surface area contributed by atoms with Gasteiger partial charge in [0.2, 0.25) is 0 Å². The molecule has 1 aromatic rings. The molecule has 2 N–H and O–H groups in total. The maximum Gasteiger partial charge on any atom is 0.321 e. The van der Waals surface area contributed by atoms with Crippen LogP contribution in [0, 0.1) is 11.6 Å². The van der Waals surface area contributed by atoms with Crippen molar-refractivity contribution in [1.29, 1.82) is 0 Å². The van der Waals surface area contributed by atoms with E-state index in [1.165, 1.54) is 6.07 Å². The molecule has 0 saturated carbocycles. The second kappa shape index (κ2) is 3.58. The predicted octanol–water partition coefficient (Wildman–Crippen LogP) is 1.06. The molecule has 0 saturated heterocycles. The van der Waals surface area contributed by atoms with Crippen molar-refractivity contribution < 1.29 is 18.7 Å². The summed E-state index contributed by atoms with van der Waals surface area (Å²) in [6, 6.07) is 1.21. The van der Waals surface area contributed by atoms with Gasteiger partial charge in [0.1, 0.15) is 17.7 Å². The number of carboxylic acids is 1. The summed E-state index contributed by atoms with van der Waals surface area (Å²) in [5.74, 6) is -2.33. The van der Waals surface area contributed by atoms with Gasteiger partial charge in [-0.2, -0.15) is 0 Å². The van der Waals surface area contributed by atoms with E-state index in [-0.39, 0.29) is 13.0 Å².